The van der Waals surface area contributed by atoms with Crippen LogP contribution in [0.5, 0.6) is 17.2 Å². The number of ether oxygens (including phenoxy) is 3. The number of hydrogen-bond donors (Lipinski definition) is 1. The number of piperidine rings is 1. The molecule has 3 aromatic rings. The molecule has 0 atom stereocenters. The number of fused-ring (bicyclic) bond motifs is 1. The van der Waals surface area contributed by atoms with Crippen molar-refractivity contribution in [2.24, 2.45) is 5.92 Å². The zero-order chi connectivity index (χ0) is 23.4. The number of nitrogens with one attached hydrogen (secondary N) is 1. The molecule has 0 aliphatic carbocycles. The number of anilines is 2. The van der Waals surface area contributed by atoms with E-state index in [0.29, 0.717) is 54.4 Å². The molecule has 2 heterocycles. The number of carbonyl (C=O) groups excluding carboxylic acids is 1. The normalized spacial score (nSPS) is 13.9. The number of nitrogens with zero attached hydrogens (tertiary/aromatic N) is 3. The summed E-state index contributed by atoms with van der Waals surface area (Å²) in [6.45, 7) is 1.35. The highest BCUT2D eigenvalue weighted by Gasteiger charge is 2.28. The molecule has 0 spiro atoms. The van der Waals surface area contributed by atoms with E-state index >= 15 is 0 Å². The Kier molecular flexibility index (Phi) is 6.50. The summed E-state index contributed by atoms with van der Waals surface area (Å²) in [5.41, 5.74) is 2.89. The van der Waals surface area contributed by atoms with Gasteiger partial charge in [0.2, 0.25) is 11.7 Å². The van der Waals surface area contributed by atoms with Gasteiger partial charge in [-0.2, -0.15) is 5.26 Å². The quantitative estimate of drug-likeness (QED) is 0.612. The van der Waals surface area contributed by atoms with Gasteiger partial charge in [-0.15, -0.1) is 0 Å². The topological polar surface area (TPSA) is 96.7 Å². The average molecular weight is 447 g/mol. The standard InChI is InChI=1S/C25H26N4O4/c1-31-21-12-18(13-22(32-2)24(21)33-3)28-25(30)16-8-10-29(11-9-16)23-17(14-26)15-27-20-7-5-4-6-19(20)23/h4-7,12-13,15-16H,8-11H2,1-3H3,(H,28,30). The average Bonchev–Trinajstić information content (AvgIpc) is 2.87. The number of pyridine rings is 1. The molecule has 8 heteroatoms. The largest absolute Gasteiger partial charge is 0.493 e. The Morgan fingerprint density at radius 3 is 2.36 bits per heavy atom. The van der Waals surface area contributed by atoms with Crippen molar-refractivity contribution < 1.29 is 19.0 Å². The second-order valence-corrected chi connectivity index (χ2v) is 7.81. The van der Waals surface area contributed by atoms with Crippen LogP contribution < -0.4 is 24.4 Å². The first-order valence-electron chi connectivity index (χ1n) is 10.7. The minimum atomic E-state index is -0.140. The summed E-state index contributed by atoms with van der Waals surface area (Å²) in [4.78, 5) is 19.6. The molecule has 0 bridgehead atoms. The molecule has 170 valence electrons. The number of amides is 1. The molecular weight excluding hydrogens is 420 g/mol. The van der Waals surface area contributed by atoms with Gasteiger partial charge in [0.25, 0.3) is 0 Å². The highest BCUT2D eigenvalue weighted by Crippen LogP contribution is 2.40. The van der Waals surface area contributed by atoms with Gasteiger partial charge in [-0.1, -0.05) is 18.2 Å². The van der Waals surface area contributed by atoms with Crippen LogP contribution in [0.25, 0.3) is 10.9 Å². The molecule has 4 rings (SSSR count). The van der Waals surface area contributed by atoms with Crippen molar-refractivity contribution >= 4 is 28.2 Å². The van der Waals surface area contributed by atoms with E-state index < -0.39 is 0 Å². The zero-order valence-electron chi connectivity index (χ0n) is 18.9. The molecule has 8 nitrogen and oxygen atoms in total. The summed E-state index contributed by atoms with van der Waals surface area (Å²) in [6.07, 6.45) is 2.98. The van der Waals surface area contributed by atoms with Crippen molar-refractivity contribution in [3.8, 4) is 23.3 Å². The second kappa shape index (κ2) is 9.65. The van der Waals surface area contributed by atoms with Crippen LogP contribution in [0.3, 0.4) is 0 Å². The van der Waals surface area contributed by atoms with Gasteiger partial charge < -0.3 is 24.4 Å². The van der Waals surface area contributed by atoms with E-state index in [1.165, 1.54) is 21.3 Å². The van der Waals surface area contributed by atoms with Gasteiger partial charge in [0.05, 0.1) is 38.1 Å². The number of hydrogen-bond acceptors (Lipinski definition) is 7. The molecule has 1 fully saturated rings. The predicted molar refractivity (Wildman–Crippen MR) is 126 cm³/mol. The lowest BCUT2D eigenvalue weighted by molar-refractivity contribution is -0.120. The first-order chi connectivity index (χ1) is 16.1. The summed E-state index contributed by atoms with van der Waals surface area (Å²) in [5.74, 6) is 1.25. The fraction of sp³-hybridized carbons (Fsp3) is 0.320. The molecule has 1 amide bonds. The Balaban J connectivity index is 1.49. The third kappa shape index (κ3) is 4.35. The third-order valence-corrected chi connectivity index (χ3v) is 5.98. The molecule has 0 unspecified atom stereocenters. The van der Waals surface area contributed by atoms with Gasteiger partial charge in [-0.05, 0) is 18.9 Å². The van der Waals surface area contributed by atoms with Gasteiger partial charge in [-0.3, -0.25) is 9.78 Å². The molecule has 0 saturated carbocycles. The molecule has 2 aromatic carbocycles. The van der Waals surface area contributed by atoms with Crippen LogP contribution in [0.15, 0.2) is 42.6 Å². The van der Waals surface area contributed by atoms with Crippen LogP contribution in [-0.2, 0) is 4.79 Å². The van der Waals surface area contributed by atoms with Crippen LogP contribution in [0, 0.1) is 17.2 Å². The predicted octanol–water partition coefficient (Wildman–Crippen LogP) is 3.99. The minimum Gasteiger partial charge on any atom is -0.493 e. The second-order valence-electron chi connectivity index (χ2n) is 7.81. The Labute approximate surface area is 192 Å². The number of rotatable bonds is 6. The van der Waals surface area contributed by atoms with Gasteiger partial charge in [0.15, 0.2) is 11.5 Å². The van der Waals surface area contributed by atoms with E-state index in [0.717, 1.165) is 16.6 Å². The molecular formula is C25H26N4O4. The maximum absolute atomic E-state index is 13.0. The Morgan fingerprint density at radius 2 is 1.76 bits per heavy atom. The summed E-state index contributed by atoms with van der Waals surface area (Å²) >= 11 is 0. The molecule has 0 radical (unpaired) electrons. The first kappa shape index (κ1) is 22.2. The fourth-order valence-corrected chi connectivity index (χ4v) is 4.31. The Morgan fingerprint density at radius 1 is 1.09 bits per heavy atom. The number of carbonyl (C=O) groups is 1. The van der Waals surface area contributed by atoms with Crippen molar-refractivity contribution in [2.45, 2.75) is 12.8 Å². The van der Waals surface area contributed by atoms with Crippen molar-refractivity contribution in [1.82, 2.24) is 4.98 Å². The van der Waals surface area contributed by atoms with Gasteiger partial charge in [0, 0.05) is 48.4 Å². The van der Waals surface area contributed by atoms with E-state index in [4.69, 9.17) is 14.2 Å². The van der Waals surface area contributed by atoms with Gasteiger partial charge in [0.1, 0.15) is 6.07 Å². The molecule has 1 saturated heterocycles. The van der Waals surface area contributed by atoms with Crippen LogP contribution in [0.1, 0.15) is 18.4 Å². The SMILES string of the molecule is COc1cc(NC(=O)C2CCN(c3c(C#N)cnc4ccccc34)CC2)cc(OC)c1OC. The summed E-state index contributed by atoms with van der Waals surface area (Å²) in [5, 5.41) is 13.6. The maximum Gasteiger partial charge on any atom is 0.227 e. The Bertz CT molecular complexity index is 1190. The number of para-hydroxylation sites is 1. The van der Waals surface area contributed by atoms with Crippen molar-refractivity contribution in [3.63, 3.8) is 0 Å². The van der Waals surface area contributed by atoms with Crippen molar-refractivity contribution in [2.75, 3.05) is 44.6 Å². The number of benzene rings is 2. The summed E-state index contributed by atoms with van der Waals surface area (Å²) in [7, 11) is 4.62. The third-order valence-electron chi connectivity index (χ3n) is 5.98. The van der Waals surface area contributed by atoms with Crippen molar-refractivity contribution in [3.05, 3.63) is 48.2 Å². The number of methoxy groups -OCH3 is 3. The van der Waals surface area contributed by atoms with E-state index in [1.807, 2.05) is 24.3 Å². The van der Waals surface area contributed by atoms with Crippen LogP contribution in [-0.4, -0.2) is 45.3 Å². The summed E-state index contributed by atoms with van der Waals surface area (Å²) < 4.78 is 16.1. The lowest BCUT2D eigenvalue weighted by Gasteiger charge is -2.34. The number of aromatic nitrogens is 1. The zero-order valence-corrected chi connectivity index (χ0v) is 18.9. The molecule has 33 heavy (non-hydrogen) atoms. The lowest BCUT2D eigenvalue weighted by atomic mass is 9.94. The summed E-state index contributed by atoms with van der Waals surface area (Å²) in [6, 6.07) is 13.5. The molecule has 1 aliphatic rings. The Hall–Kier alpha value is -3.99. The van der Waals surface area contributed by atoms with Crippen LogP contribution in [0.2, 0.25) is 0 Å². The van der Waals surface area contributed by atoms with Crippen molar-refractivity contribution in [1.29, 1.82) is 5.26 Å². The molecule has 1 N–H and O–H groups in total. The van der Waals surface area contributed by atoms with Crippen LogP contribution in [0.4, 0.5) is 11.4 Å². The minimum absolute atomic E-state index is 0.0518. The highest BCUT2D eigenvalue weighted by atomic mass is 16.5. The smallest absolute Gasteiger partial charge is 0.227 e. The number of nitriles is 1. The molecule has 1 aliphatic heterocycles. The highest BCUT2D eigenvalue weighted by molar-refractivity contribution is 5.95. The first-order valence-corrected chi connectivity index (χ1v) is 10.7. The van der Waals surface area contributed by atoms with E-state index in [-0.39, 0.29) is 11.8 Å². The van der Waals surface area contributed by atoms with E-state index in [2.05, 4.69) is 21.3 Å². The van der Waals surface area contributed by atoms with Crippen LogP contribution >= 0.6 is 0 Å². The monoisotopic (exact) mass is 446 g/mol. The van der Waals surface area contributed by atoms with Gasteiger partial charge in [-0.25, -0.2) is 0 Å². The van der Waals surface area contributed by atoms with Gasteiger partial charge >= 0.3 is 0 Å². The van der Waals surface area contributed by atoms with E-state index in [1.54, 1.807) is 18.3 Å². The maximum atomic E-state index is 13.0. The molecule has 1 aromatic heterocycles. The lowest BCUT2D eigenvalue weighted by Crippen LogP contribution is -2.38. The van der Waals surface area contributed by atoms with E-state index in [9.17, 15) is 10.1 Å². The fourth-order valence-electron chi connectivity index (χ4n) is 4.31.